The van der Waals surface area contributed by atoms with E-state index in [-0.39, 0.29) is 17.2 Å². The fraction of sp³-hybridized carbons (Fsp3) is 0.154. The molecule has 94 valence electrons. The van der Waals surface area contributed by atoms with Crippen molar-refractivity contribution in [2.75, 3.05) is 7.11 Å². The smallest absolute Gasteiger partial charge is 0.181 e. The molecule has 5 heteroatoms. The third-order valence-corrected chi connectivity index (χ3v) is 3.71. The summed E-state index contributed by atoms with van der Waals surface area (Å²) in [6, 6.07) is 6.35. The Hall–Kier alpha value is -1.39. The van der Waals surface area contributed by atoms with E-state index in [1.54, 1.807) is 23.6 Å². The Morgan fingerprint density at radius 3 is 2.94 bits per heavy atom. The van der Waals surface area contributed by atoms with E-state index in [1.165, 1.54) is 24.5 Å². The van der Waals surface area contributed by atoms with E-state index in [4.69, 9.17) is 16.3 Å². The maximum Gasteiger partial charge on any atom is 0.181 e. The van der Waals surface area contributed by atoms with Crippen LogP contribution in [0.4, 0.5) is 4.39 Å². The second-order valence-electron chi connectivity index (χ2n) is 3.63. The lowest BCUT2D eigenvalue weighted by molar-refractivity contribution is 0.0993. The quantitative estimate of drug-likeness (QED) is 0.794. The number of hydrogen-bond acceptors (Lipinski definition) is 3. The average Bonchev–Trinajstić information content (AvgIpc) is 2.83. The fourth-order valence-electron chi connectivity index (χ4n) is 1.60. The average molecular weight is 285 g/mol. The number of hydrogen-bond donors (Lipinski definition) is 0. The van der Waals surface area contributed by atoms with Crippen LogP contribution in [-0.4, -0.2) is 12.9 Å². The van der Waals surface area contributed by atoms with E-state index in [2.05, 4.69) is 0 Å². The number of thiophene rings is 1. The van der Waals surface area contributed by atoms with Gasteiger partial charge in [-0.05, 0) is 23.1 Å². The minimum atomic E-state index is -0.539. The molecule has 0 spiro atoms. The minimum absolute atomic E-state index is 0.0245. The van der Waals surface area contributed by atoms with Crippen molar-refractivity contribution in [2.24, 2.45) is 0 Å². The van der Waals surface area contributed by atoms with Crippen LogP contribution in [0.25, 0.3) is 0 Å². The number of halogens is 2. The molecule has 0 N–H and O–H groups in total. The van der Waals surface area contributed by atoms with Crippen molar-refractivity contribution in [3.05, 3.63) is 50.9 Å². The van der Waals surface area contributed by atoms with Gasteiger partial charge in [-0.1, -0.05) is 23.7 Å². The van der Waals surface area contributed by atoms with Crippen LogP contribution in [0.3, 0.4) is 0 Å². The van der Waals surface area contributed by atoms with Crippen LogP contribution < -0.4 is 4.74 Å². The standard InChI is InChI=1S/C13H10ClFO2S/c1-17-11-5-6-18-13(11)10(16)7-8-3-2-4-9(14)12(8)15/h2-6H,7H2,1H3. The number of benzene rings is 1. The molecule has 0 aliphatic rings. The van der Waals surface area contributed by atoms with Crippen molar-refractivity contribution in [3.8, 4) is 5.75 Å². The van der Waals surface area contributed by atoms with Gasteiger partial charge in [0.1, 0.15) is 16.4 Å². The molecule has 2 nitrogen and oxygen atoms in total. The predicted octanol–water partition coefficient (Wildman–Crippen LogP) is 3.97. The van der Waals surface area contributed by atoms with Gasteiger partial charge < -0.3 is 4.74 Å². The highest BCUT2D eigenvalue weighted by atomic mass is 35.5. The Kier molecular flexibility index (Phi) is 3.99. The summed E-state index contributed by atoms with van der Waals surface area (Å²) in [6.07, 6.45) is -0.0245. The SMILES string of the molecule is COc1ccsc1C(=O)Cc1cccc(Cl)c1F. The lowest BCUT2D eigenvalue weighted by Crippen LogP contribution is -2.05. The lowest BCUT2D eigenvalue weighted by atomic mass is 10.1. The van der Waals surface area contributed by atoms with Crippen molar-refractivity contribution in [1.29, 1.82) is 0 Å². The molecule has 0 aliphatic carbocycles. The first kappa shape index (κ1) is 13.1. The van der Waals surface area contributed by atoms with Crippen molar-refractivity contribution in [1.82, 2.24) is 0 Å². The first-order chi connectivity index (χ1) is 8.63. The van der Waals surface area contributed by atoms with Crippen molar-refractivity contribution < 1.29 is 13.9 Å². The largest absolute Gasteiger partial charge is 0.495 e. The van der Waals surface area contributed by atoms with Crippen LogP contribution in [0.2, 0.25) is 5.02 Å². The molecule has 0 saturated heterocycles. The first-order valence-corrected chi connectivity index (χ1v) is 6.47. The summed E-state index contributed by atoms with van der Waals surface area (Å²) in [5.41, 5.74) is 0.294. The summed E-state index contributed by atoms with van der Waals surface area (Å²) >= 11 is 6.95. The first-order valence-electron chi connectivity index (χ1n) is 5.21. The van der Waals surface area contributed by atoms with Crippen LogP contribution in [0.5, 0.6) is 5.75 Å². The third kappa shape index (κ3) is 2.54. The van der Waals surface area contributed by atoms with Crippen molar-refractivity contribution >= 4 is 28.7 Å². The summed E-state index contributed by atoms with van der Waals surface area (Å²) in [6.45, 7) is 0. The lowest BCUT2D eigenvalue weighted by Gasteiger charge is -2.04. The number of ketones is 1. The second kappa shape index (κ2) is 5.50. The van der Waals surface area contributed by atoms with E-state index < -0.39 is 5.82 Å². The molecule has 0 saturated carbocycles. The minimum Gasteiger partial charge on any atom is -0.495 e. The molecule has 0 unspecified atom stereocenters. The van der Waals surface area contributed by atoms with Gasteiger partial charge in [0.25, 0.3) is 0 Å². The zero-order valence-electron chi connectivity index (χ0n) is 9.57. The number of Topliss-reactive ketones (excluding diaryl/α,β-unsaturated/α-hetero) is 1. The Balaban J connectivity index is 2.24. The molecule has 1 aromatic carbocycles. The summed E-state index contributed by atoms with van der Waals surface area (Å²) < 4.78 is 18.7. The van der Waals surface area contributed by atoms with E-state index in [0.717, 1.165) is 0 Å². The Bertz CT molecular complexity index is 580. The van der Waals surface area contributed by atoms with Gasteiger partial charge in [0, 0.05) is 6.42 Å². The van der Waals surface area contributed by atoms with E-state index >= 15 is 0 Å². The number of carbonyl (C=O) groups is 1. The highest BCUT2D eigenvalue weighted by molar-refractivity contribution is 7.12. The zero-order chi connectivity index (χ0) is 13.1. The predicted molar refractivity (Wildman–Crippen MR) is 70.3 cm³/mol. The van der Waals surface area contributed by atoms with Crippen LogP contribution in [0.1, 0.15) is 15.2 Å². The van der Waals surface area contributed by atoms with Gasteiger partial charge in [-0.15, -0.1) is 11.3 Å². The molecule has 0 radical (unpaired) electrons. The van der Waals surface area contributed by atoms with Gasteiger partial charge in [-0.2, -0.15) is 0 Å². The highest BCUT2D eigenvalue weighted by Gasteiger charge is 2.17. The second-order valence-corrected chi connectivity index (χ2v) is 4.95. The molecule has 2 aromatic rings. The summed E-state index contributed by atoms with van der Waals surface area (Å²) in [5, 5.41) is 1.79. The molecular formula is C13H10ClFO2S. The molecule has 2 rings (SSSR count). The molecule has 0 aliphatic heterocycles. The fourth-order valence-corrected chi connectivity index (χ4v) is 2.59. The summed E-state index contributed by atoms with van der Waals surface area (Å²) in [4.78, 5) is 12.5. The maximum atomic E-state index is 13.7. The van der Waals surface area contributed by atoms with Crippen LogP contribution in [-0.2, 0) is 6.42 Å². The maximum absolute atomic E-state index is 13.7. The van der Waals surface area contributed by atoms with E-state index in [1.807, 2.05) is 0 Å². The Labute approximate surface area is 113 Å². The Morgan fingerprint density at radius 1 is 1.44 bits per heavy atom. The monoisotopic (exact) mass is 284 g/mol. The van der Waals surface area contributed by atoms with E-state index in [0.29, 0.717) is 16.2 Å². The molecule has 1 heterocycles. The van der Waals surface area contributed by atoms with Gasteiger partial charge >= 0.3 is 0 Å². The highest BCUT2D eigenvalue weighted by Crippen LogP contribution is 2.27. The van der Waals surface area contributed by atoms with Gasteiger partial charge in [0.2, 0.25) is 0 Å². The van der Waals surface area contributed by atoms with Gasteiger partial charge in [-0.3, -0.25) is 4.79 Å². The molecule has 0 bridgehead atoms. The molecule has 1 aromatic heterocycles. The van der Waals surface area contributed by atoms with Crippen LogP contribution in [0, 0.1) is 5.82 Å². The zero-order valence-corrected chi connectivity index (χ0v) is 11.1. The third-order valence-electron chi connectivity index (χ3n) is 2.48. The van der Waals surface area contributed by atoms with Crippen molar-refractivity contribution in [2.45, 2.75) is 6.42 Å². The summed E-state index contributed by atoms with van der Waals surface area (Å²) in [7, 11) is 1.50. The van der Waals surface area contributed by atoms with Crippen LogP contribution >= 0.6 is 22.9 Å². The molecular weight excluding hydrogens is 275 g/mol. The number of rotatable bonds is 4. The molecule has 0 fully saturated rings. The molecule has 0 atom stereocenters. The van der Waals surface area contributed by atoms with Gasteiger partial charge in [0.05, 0.1) is 12.1 Å². The topological polar surface area (TPSA) is 26.3 Å². The number of ether oxygens (including phenoxy) is 1. The molecule has 18 heavy (non-hydrogen) atoms. The van der Waals surface area contributed by atoms with E-state index in [9.17, 15) is 9.18 Å². The number of carbonyl (C=O) groups excluding carboxylic acids is 1. The van der Waals surface area contributed by atoms with Crippen molar-refractivity contribution in [3.63, 3.8) is 0 Å². The summed E-state index contributed by atoms with van der Waals surface area (Å²) in [5.74, 6) is -0.196. The van der Waals surface area contributed by atoms with Gasteiger partial charge in [0.15, 0.2) is 5.78 Å². The normalized spacial score (nSPS) is 10.4. The number of methoxy groups -OCH3 is 1. The Morgan fingerprint density at radius 2 is 2.22 bits per heavy atom. The van der Waals surface area contributed by atoms with Gasteiger partial charge in [-0.25, -0.2) is 4.39 Å². The van der Waals surface area contributed by atoms with Crippen LogP contribution in [0.15, 0.2) is 29.6 Å². The molecule has 0 amide bonds.